The van der Waals surface area contributed by atoms with E-state index in [1.165, 1.54) is 11.8 Å². The van der Waals surface area contributed by atoms with Gasteiger partial charge in [0.25, 0.3) is 0 Å². The van der Waals surface area contributed by atoms with Crippen LogP contribution < -0.4 is 14.8 Å². The quantitative estimate of drug-likeness (QED) is 0.857. The van der Waals surface area contributed by atoms with Crippen molar-refractivity contribution in [2.45, 2.75) is 12.3 Å². The lowest BCUT2D eigenvalue weighted by Gasteiger charge is -2.24. The average molecular weight is 324 g/mol. The Morgan fingerprint density at radius 2 is 2.09 bits per heavy atom. The van der Waals surface area contributed by atoms with E-state index in [0.29, 0.717) is 23.8 Å². The molecular weight excluding hydrogens is 304 g/mol. The highest BCUT2D eigenvalue weighted by Crippen LogP contribution is 2.41. The van der Waals surface area contributed by atoms with E-state index in [-0.39, 0.29) is 23.7 Å². The van der Waals surface area contributed by atoms with Crippen molar-refractivity contribution in [3.8, 4) is 11.5 Å². The number of thioether (sulfide) groups is 1. The first kappa shape index (κ1) is 16.5. The molecule has 0 unspecified atom stereocenters. The lowest BCUT2D eigenvalue weighted by molar-refractivity contribution is -0.133. The topological polar surface area (TPSA) is 67.9 Å². The summed E-state index contributed by atoms with van der Waals surface area (Å²) in [5, 5.41) is 2.53. The second kappa shape index (κ2) is 7.40. The molecule has 0 saturated carbocycles. The first-order valence-electron chi connectivity index (χ1n) is 7.00. The molecule has 0 aromatic heterocycles. The van der Waals surface area contributed by atoms with Crippen LogP contribution in [0.1, 0.15) is 17.9 Å². The molecule has 22 heavy (non-hydrogen) atoms. The third-order valence-corrected chi connectivity index (χ3v) is 4.60. The van der Waals surface area contributed by atoms with Crippen molar-refractivity contribution in [2.75, 3.05) is 33.1 Å². The third kappa shape index (κ3) is 3.47. The summed E-state index contributed by atoms with van der Waals surface area (Å²) in [4.78, 5) is 25.4. The molecule has 2 amide bonds. The van der Waals surface area contributed by atoms with Crippen LogP contribution in [-0.4, -0.2) is 49.8 Å². The van der Waals surface area contributed by atoms with Crippen LogP contribution in [0.5, 0.6) is 11.5 Å². The van der Waals surface area contributed by atoms with Crippen LogP contribution in [0.25, 0.3) is 0 Å². The van der Waals surface area contributed by atoms with E-state index in [9.17, 15) is 9.59 Å². The number of amides is 2. The molecule has 6 nitrogen and oxygen atoms in total. The number of hydrogen-bond acceptors (Lipinski definition) is 5. The number of carbonyl (C=O) groups is 2. The summed E-state index contributed by atoms with van der Waals surface area (Å²) in [5.41, 5.74) is 0.915. The Kier molecular flexibility index (Phi) is 5.54. The summed E-state index contributed by atoms with van der Waals surface area (Å²) >= 11 is 1.50. The van der Waals surface area contributed by atoms with Crippen LogP contribution in [0.15, 0.2) is 18.2 Å². The number of hydrogen-bond donors (Lipinski definition) is 1. The summed E-state index contributed by atoms with van der Waals surface area (Å²) in [6, 6.07) is 5.55. The molecule has 0 radical (unpaired) electrons. The highest BCUT2D eigenvalue weighted by Gasteiger charge is 2.34. The molecule has 0 spiro atoms. The number of carbonyl (C=O) groups excluding carboxylic acids is 2. The molecule has 1 aromatic carbocycles. The van der Waals surface area contributed by atoms with Gasteiger partial charge in [0.1, 0.15) is 11.9 Å². The van der Waals surface area contributed by atoms with E-state index in [0.717, 1.165) is 5.56 Å². The van der Waals surface area contributed by atoms with Gasteiger partial charge in [0.15, 0.2) is 11.5 Å². The Labute approximate surface area is 134 Å². The number of methoxy groups -OCH3 is 2. The van der Waals surface area contributed by atoms with Crippen molar-refractivity contribution in [1.29, 1.82) is 0 Å². The number of ether oxygens (including phenoxy) is 2. The molecule has 1 aliphatic rings. The van der Waals surface area contributed by atoms with Crippen molar-refractivity contribution in [1.82, 2.24) is 10.2 Å². The standard InChI is InChI=1S/C15H20N2O4S/c1-4-16-13(18)8-17-14(19)9-22-15(17)10-5-6-11(20-2)12(7-10)21-3/h5-7,15H,4,8-9H2,1-3H3,(H,16,18)/t15-/m0/s1. The number of likely N-dealkylation sites (N-methyl/N-ethyl adjacent to an activating group) is 1. The molecule has 7 heteroatoms. The maximum atomic E-state index is 12.0. The van der Waals surface area contributed by atoms with Gasteiger partial charge in [0.2, 0.25) is 11.8 Å². The van der Waals surface area contributed by atoms with E-state index in [1.807, 2.05) is 25.1 Å². The predicted octanol–water partition coefficient (Wildman–Crippen LogP) is 1.41. The Hall–Kier alpha value is -1.89. The summed E-state index contributed by atoms with van der Waals surface area (Å²) in [6.45, 7) is 2.47. The van der Waals surface area contributed by atoms with E-state index in [1.54, 1.807) is 19.1 Å². The maximum Gasteiger partial charge on any atom is 0.239 e. The van der Waals surface area contributed by atoms with Gasteiger partial charge in [-0.25, -0.2) is 0 Å². The highest BCUT2D eigenvalue weighted by molar-refractivity contribution is 8.00. The fourth-order valence-electron chi connectivity index (χ4n) is 2.32. The molecule has 1 N–H and O–H groups in total. The molecule has 0 aliphatic carbocycles. The van der Waals surface area contributed by atoms with E-state index in [2.05, 4.69) is 5.32 Å². The molecule has 1 aromatic rings. The van der Waals surface area contributed by atoms with Gasteiger partial charge >= 0.3 is 0 Å². The molecule has 1 saturated heterocycles. The van der Waals surface area contributed by atoms with Gasteiger partial charge in [0, 0.05) is 6.54 Å². The summed E-state index contributed by atoms with van der Waals surface area (Å²) in [7, 11) is 3.15. The lowest BCUT2D eigenvalue weighted by atomic mass is 10.1. The second-order valence-corrected chi connectivity index (χ2v) is 5.82. The van der Waals surface area contributed by atoms with Gasteiger partial charge in [0.05, 0.1) is 20.0 Å². The first-order valence-corrected chi connectivity index (χ1v) is 8.05. The molecule has 0 bridgehead atoms. The average Bonchev–Trinajstić information content (AvgIpc) is 2.88. The Morgan fingerprint density at radius 3 is 2.73 bits per heavy atom. The smallest absolute Gasteiger partial charge is 0.239 e. The monoisotopic (exact) mass is 324 g/mol. The van der Waals surface area contributed by atoms with E-state index in [4.69, 9.17) is 9.47 Å². The number of rotatable bonds is 6. The highest BCUT2D eigenvalue weighted by atomic mass is 32.2. The van der Waals surface area contributed by atoms with Crippen molar-refractivity contribution in [3.05, 3.63) is 23.8 Å². The van der Waals surface area contributed by atoms with Crippen LogP contribution in [0, 0.1) is 0 Å². The molecule has 1 fully saturated rings. The SMILES string of the molecule is CCNC(=O)CN1C(=O)CS[C@H]1c1ccc(OC)c(OC)c1. The summed E-state index contributed by atoms with van der Waals surface area (Å²) < 4.78 is 10.5. The maximum absolute atomic E-state index is 12.0. The van der Waals surface area contributed by atoms with Crippen molar-refractivity contribution in [3.63, 3.8) is 0 Å². The first-order chi connectivity index (χ1) is 10.6. The van der Waals surface area contributed by atoms with E-state index >= 15 is 0 Å². The molecule has 2 rings (SSSR count). The Balaban J connectivity index is 2.22. The molecule has 1 aliphatic heterocycles. The van der Waals surface area contributed by atoms with Crippen LogP contribution in [0.3, 0.4) is 0 Å². The van der Waals surface area contributed by atoms with Gasteiger partial charge in [-0.3, -0.25) is 9.59 Å². The summed E-state index contributed by atoms with van der Waals surface area (Å²) in [6.07, 6.45) is 0. The van der Waals surface area contributed by atoms with Gasteiger partial charge < -0.3 is 19.7 Å². The number of benzene rings is 1. The van der Waals surface area contributed by atoms with Crippen LogP contribution >= 0.6 is 11.8 Å². The third-order valence-electron chi connectivity index (χ3n) is 3.35. The van der Waals surface area contributed by atoms with Crippen molar-refractivity contribution in [2.24, 2.45) is 0 Å². The second-order valence-electron chi connectivity index (χ2n) is 4.75. The zero-order chi connectivity index (χ0) is 16.1. The molecule has 1 atom stereocenters. The minimum absolute atomic E-state index is 0.0314. The largest absolute Gasteiger partial charge is 0.493 e. The minimum atomic E-state index is -0.185. The van der Waals surface area contributed by atoms with Gasteiger partial charge in [-0.1, -0.05) is 6.07 Å². The van der Waals surface area contributed by atoms with E-state index < -0.39 is 0 Å². The number of nitrogens with zero attached hydrogens (tertiary/aromatic N) is 1. The number of nitrogens with one attached hydrogen (secondary N) is 1. The van der Waals surface area contributed by atoms with Crippen LogP contribution in [0.2, 0.25) is 0 Å². The van der Waals surface area contributed by atoms with Crippen molar-refractivity contribution >= 4 is 23.6 Å². The van der Waals surface area contributed by atoms with Gasteiger partial charge in [-0.05, 0) is 24.6 Å². The minimum Gasteiger partial charge on any atom is -0.493 e. The Bertz CT molecular complexity index is 564. The molecular formula is C15H20N2O4S. The Morgan fingerprint density at radius 1 is 1.36 bits per heavy atom. The van der Waals surface area contributed by atoms with Gasteiger partial charge in [-0.2, -0.15) is 0 Å². The zero-order valence-corrected chi connectivity index (χ0v) is 13.7. The van der Waals surface area contributed by atoms with Crippen LogP contribution in [0.4, 0.5) is 0 Å². The molecule has 1 heterocycles. The normalized spacial score (nSPS) is 17.5. The summed E-state index contributed by atoms with van der Waals surface area (Å²) in [5.74, 6) is 1.44. The zero-order valence-electron chi connectivity index (χ0n) is 12.9. The fraction of sp³-hybridized carbons (Fsp3) is 0.467. The van der Waals surface area contributed by atoms with Crippen molar-refractivity contribution < 1.29 is 19.1 Å². The van der Waals surface area contributed by atoms with Crippen LogP contribution in [-0.2, 0) is 9.59 Å². The van der Waals surface area contributed by atoms with Gasteiger partial charge in [-0.15, -0.1) is 11.8 Å². The fourth-order valence-corrected chi connectivity index (χ4v) is 3.49. The lowest BCUT2D eigenvalue weighted by Crippen LogP contribution is -2.39. The predicted molar refractivity (Wildman–Crippen MR) is 85.1 cm³/mol. The molecule has 120 valence electrons.